The molecule has 0 heterocycles. The number of rotatable bonds is 8. The largest absolute Gasteiger partial charge is 0.481 e. The fraction of sp³-hybridized carbons (Fsp3) is 0.286. The molecule has 0 unspecified atom stereocenters. The molecule has 1 rings (SSSR count). The van der Waals surface area contributed by atoms with Gasteiger partial charge in [-0.05, 0) is 64.2 Å². The van der Waals surface area contributed by atoms with Crippen molar-refractivity contribution in [3.63, 3.8) is 0 Å². The molecule has 0 radical (unpaired) electrons. The number of alkyl halides is 2. The van der Waals surface area contributed by atoms with E-state index in [1.807, 2.05) is 45.2 Å². The molecule has 27 heavy (non-hydrogen) atoms. The van der Waals surface area contributed by atoms with E-state index in [2.05, 4.69) is 11.3 Å². The Morgan fingerprint density at radius 1 is 1.22 bits per heavy atom. The van der Waals surface area contributed by atoms with Crippen LogP contribution in [0.25, 0.3) is 0 Å². The highest BCUT2D eigenvalue weighted by atomic mass is 127. The summed E-state index contributed by atoms with van der Waals surface area (Å²) in [4.78, 5) is 23.0. The second kappa shape index (κ2) is 9.42. The van der Waals surface area contributed by atoms with Crippen molar-refractivity contribution in [1.29, 1.82) is 0 Å². The standard InChI is InChI=1S/C14H12F2I2O8S/c1-7(2)13(20)26-11-4-8(17)10(3-9(11)18)24-5-12(19)25-6-14(15,16)27(21,22)23/h3-4H,1,5-6H2,2H3,(H,21,22,23). The van der Waals surface area contributed by atoms with Crippen LogP contribution >= 0.6 is 45.2 Å². The number of hydrogen-bond acceptors (Lipinski definition) is 7. The van der Waals surface area contributed by atoms with Crippen LogP contribution in [0.1, 0.15) is 6.92 Å². The van der Waals surface area contributed by atoms with E-state index in [-0.39, 0.29) is 17.1 Å². The predicted octanol–water partition coefficient (Wildman–Crippen LogP) is 2.78. The third-order valence-electron chi connectivity index (χ3n) is 2.66. The van der Waals surface area contributed by atoms with E-state index in [0.717, 1.165) is 0 Å². The van der Waals surface area contributed by atoms with Crippen LogP contribution < -0.4 is 9.47 Å². The molecular formula is C14H12F2I2O8S. The van der Waals surface area contributed by atoms with Crippen molar-refractivity contribution >= 4 is 67.2 Å². The first-order valence-corrected chi connectivity index (χ1v) is 10.3. The van der Waals surface area contributed by atoms with E-state index >= 15 is 0 Å². The minimum Gasteiger partial charge on any atom is -0.481 e. The Hall–Kier alpha value is -1.07. The molecule has 0 spiro atoms. The summed E-state index contributed by atoms with van der Waals surface area (Å²) in [6.07, 6.45) is 0. The zero-order valence-electron chi connectivity index (χ0n) is 13.5. The molecule has 0 fully saturated rings. The maximum absolute atomic E-state index is 13.0. The first-order valence-electron chi connectivity index (χ1n) is 6.74. The van der Waals surface area contributed by atoms with Crippen LogP contribution in [0.15, 0.2) is 24.3 Å². The summed E-state index contributed by atoms with van der Waals surface area (Å²) < 4.78 is 70.3. The highest BCUT2D eigenvalue weighted by molar-refractivity contribution is 14.1. The minimum absolute atomic E-state index is 0.175. The van der Waals surface area contributed by atoms with Crippen molar-refractivity contribution in [2.75, 3.05) is 13.2 Å². The van der Waals surface area contributed by atoms with E-state index < -0.39 is 40.5 Å². The van der Waals surface area contributed by atoms with Crippen LogP contribution in [0.2, 0.25) is 0 Å². The lowest BCUT2D eigenvalue weighted by Gasteiger charge is -2.14. The van der Waals surface area contributed by atoms with Gasteiger partial charge >= 0.3 is 27.3 Å². The summed E-state index contributed by atoms with van der Waals surface area (Å²) in [5, 5.41) is -4.62. The van der Waals surface area contributed by atoms with Gasteiger partial charge in [-0.15, -0.1) is 0 Å². The molecule has 13 heteroatoms. The summed E-state index contributed by atoms with van der Waals surface area (Å²) in [6, 6.07) is 2.89. The molecule has 0 amide bonds. The topological polar surface area (TPSA) is 116 Å². The minimum atomic E-state index is -5.70. The molecule has 8 nitrogen and oxygen atoms in total. The Labute approximate surface area is 180 Å². The quantitative estimate of drug-likeness (QED) is 0.153. The third kappa shape index (κ3) is 7.11. The monoisotopic (exact) mass is 632 g/mol. The van der Waals surface area contributed by atoms with Gasteiger partial charge in [-0.2, -0.15) is 17.2 Å². The Bertz CT molecular complexity index is 870. The van der Waals surface area contributed by atoms with Crippen molar-refractivity contribution in [2.45, 2.75) is 12.2 Å². The van der Waals surface area contributed by atoms with Crippen molar-refractivity contribution < 1.29 is 45.6 Å². The molecule has 1 aromatic rings. The van der Waals surface area contributed by atoms with Gasteiger partial charge in [-0.1, -0.05) is 6.58 Å². The van der Waals surface area contributed by atoms with Crippen LogP contribution in [0, 0.1) is 7.14 Å². The maximum Gasteiger partial charge on any atom is 0.402 e. The van der Waals surface area contributed by atoms with Gasteiger partial charge in [0.05, 0.1) is 7.14 Å². The number of benzene rings is 1. The second-order valence-corrected chi connectivity index (χ2v) is 8.82. The number of esters is 2. The molecule has 1 N–H and O–H groups in total. The van der Waals surface area contributed by atoms with E-state index in [0.29, 0.717) is 7.14 Å². The first-order chi connectivity index (χ1) is 12.2. The van der Waals surface area contributed by atoms with Gasteiger partial charge in [0.15, 0.2) is 13.2 Å². The molecule has 0 atom stereocenters. The summed E-state index contributed by atoms with van der Waals surface area (Å²) in [7, 11) is -5.70. The Balaban J connectivity index is 2.72. The zero-order valence-corrected chi connectivity index (χ0v) is 18.6. The average Bonchev–Trinajstić information content (AvgIpc) is 2.53. The lowest BCUT2D eigenvalue weighted by Crippen LogP contribution is -2.35. The molecule has 0 aliphatic carbocycles. The van der Waals surface area contributed by atoms with Crippen LogP contribution in [0.4, 0.5) is 8.78 Å². The Morgan fingerprint density at radius 3 is 2.26 bits per heavy atom. The van der Waals surface area contributed by atoms with E-state index in [4.69, 9.17) is 14.0 Å². The van der Waals surface area contributed by atoms with Gasteiger partial charge in [0, 0.05) is 5.57 Å². The Morgan fingerprint density at radius 2 is 1.74 bits per heavy atom. The lowest BCUT2D eigenvalue weighted by molar-refractivity contribution is -0.152. The first kappa shape index (κ1) is 24.0. The normalized spacial score (nSPS) is 11.6. The fourth-order valence-electron chi connectivity index (χ4n) is 1.30. The van der Waals surface area contributed by atoms with Gasteiger partial charge < -0.3 is 14.2 Å². The number of halogens is 4. The summed E-state index contributed by atoms with van der Waals surface area (Å²) >= 11 is 3.68. The maximum atomic E-state index is 13.0. The van der Waals surface area contributed by atoms with E-state index in [1.165, 1.54) is 19.1 Å². The van der Waals surface area contributed by atoms with E-state index in [9.17, 15) is 26.8 Å². The molecule has 0 aliphatic heterocycles. The second-order valence-electron chi connectivity index (χ2n) is 4.94. The van der Waals surface area contributed by atoms with Gasteiger partial charge in [0.2, 0.25) is 0 Å². The predicted molar refractivity (Wildman–Crippen MR) is 105 cm³/mol. The molecular weight excluding hydrogens is 620 g/mol. The van der Waals surface area contributed by atoms with Gasteiger partial charge in [-0.25, -0.2) is 9.59 Å². The number of hydrogen-bond donors (Lipinski definition) is 1. The van der Waals surface area contributed by atoms with Crippen molar-refractivity contribution in [3.8, 4) is 11.5 Å². The van der Waals surface area contributed by atoms with Crippen LogP contribution in [0.5, 0.6) is 11.5 Å². The summed E-state index contributed by atoms with van der Waals surface area (Å²) in [6.45, 7) is 2.30. The van der Waals surface area contributed by atoms with Crippen molar-refractivity contribution in [2.24, 2.45) is 0 Å². The third-order valence-corrected chi connectivity index (χ3v) is 5.22. The molecule has 0 bridgehead atoms. The van der Waals surface area contributed by atoms with Crippen molar-refractivity contribution in [1.82, 2.24) is 0 Å². The van der Waals surface area contributed by atoms with Gasteiger partial charge in [0.25, 0.3) is 0 Å². The highest BCUT2D eigenvalue weighted by Gasteiger charge is 2.45. The number of carbonyl (C=O) groups is 2. The molecule has 1 aromatic carbocycles. The Kier molecular flexibility index (Phi) is 8.36. The van der Waals surface area contributed by atoms with Crippen LogP contribution in [-0.4, -0.2) is 43.4 Å². The average molecular weight is 632 g/mol. The van der Waals surface area contributed by atoms with Gasteiger partial charge in [-0.3, -0.25) is 4.55 Å². The number of carbonyl (C=O) groups excluding carboxylic acids is 2. The van der Waals surface area contributed by atoms with Crippen LogP contribution in [0.3, 0.4) is 0 Å². The fourth-order valence-corrected chi connectivity index (χ4v) is 2.65. The molecule has 0 aromatic heterocycles. The van der Waals surface area contributed by atoms with E-state index in [1.54, 1.807) is 0 Å². The van der Waals surface area contributed by atoms with Crippen LogP contribution in [-0.2, 0) is 24.4 Å². The van der Waals surface area contributed by atoms with Crippen molar-refractivity contribution in [3.05, 3.63) is 31.4 Å². The summed E-state index contributed by atoms with van der Waals surface area (Å²) in [5.74, 6) is -1.49. The highest BCUT2D eigenvalue weighted by Crippen LogP contribution is 2.31. The molecule has 0 saturated carbocycles. The molecule has 0 saturated heterocycles. The summed E-state index contributed by atoms with van der Waals surface area (Å²) in [5.41, 5.74) is 0.200. The van der Waals surface area contributed by atoms with Gasteiger partial charge in [0.1, 0.15) is 11.5 Å². The molecule has 0 aliphatic rings. The number of ether oxygens (including phenoxy) is 3. The zero-order chi connectivity index (χ0) is 21.0. The molecule has 150 valence electrons. The smallest absolute Gasteiger partial charge is 0.402 e. The SMILES string of the molecule is C=C(C)C(=O)Oc1cc(I)c(OCC(=O)OCC(F)(F)S(=O)(=O)O)cc1I. The lowest BCUT2D eigenvalue weighted by atomic mass is 10.3.